The molecule has 2 aliphatic rings. The van der Waals surface area contributed by atoms with Crippen molar-refractivity contribution in [2.75, 3.05) is 26.2 Å². The predicted molar refractivity (Wildman–Crippen MR) is 71.7 cm³/mol. The molecule has 2 aromatic rings. The number of hydrogen-bond acceptors (Lipinski definition) is 6. The molecule has 106 valence electrons. The van der Waals surface area contributed by atoms with Gasteiger partial charge in [-0.3, -0.25) is 4.90 Å². The summed E-state index contributed by atoms with van der Waals surface area (Å²) in [4.78, 5) is 6.81. The van der Waals surface area contributed by atoms with Crippen LogP contribution in [-0.4, -0.2) is 41.2 Å². The second-order valence-corrected chi connectivity index (χ2v) is 5.69. The van der Waals surface area contributed by atoms with Crippen LogP contribution < -0.4 is 5.32 Å². The van der Waals surface area contributed by atoms with Crippen molar-refractivity contribution in [2.45, 2.75) is 13.0 Å². The maximum Gasteiger partial charge on any atom is 0.241 e. The second kappa shape index (κ2) is 5.03. The number of likely N-dealkylation sites (tertiary alicyclic amines) is 1. The summed E-state index contributed by atoms with van der Waals surface area (Å²) < 4.78 is 10.6. The maximum absolute atomic E-state index is 5.32. The van der Waals surface area contributed by atoms with Crippen LogP contribution in [0, 0.1) is 11.8 Å². The Kier molecular flexibility index (Phi) is 3.05. The van der Waals surface area contributed by atoms with Crippen LogP contribution in [-0.2, 0) is 6.54 Å². The minimum atomic E-state index is 0.530. The third kappa shape index (κ3) is 2.25. The molecule has 0 saturated carbocycles. The Hall–Kier alpha value is -1.66. The lowest BCUT2D eigenvalue weighted by molar-refractivity contribution is 0.128. The average Bonchev–Trinajstić information content (AvgIpc) is 3.19. The minimum Gasteiger partial charge on any atom is -0.461 e. The van der Waals surface area contributed by atoms with Crippen molar-refractivity contribution < 1.29 is 8.94 Å². The van der Waals surface area contributed by atoms with Gasteiger partial charge in [-0.05, 0) is 50.0 Å². The molecule has 0 bridgehead atoms. The largest absolute Gasteiger partial charge is 0.461 e. The lowest BCUT2D eigenvalue weighted by Crippen LogP contribution is -2.39. The minimum absolute atomic E-state index is 0.530. The van der Waals surface area contributed by atoms with E-state index in [0.29, 0.717) is 17.5 Å². The van der Waals surface area contributed by atoms with Crippen molar-refractivity contribution in [3.8, 4) is 11.6 Å². The lowest BCUT2D eigenvalue weighted by atomic mass is 9.89. The maximum atomic E-state index is 5.32. The summed E-state index contributed by atoms with van der Waals surface area (Å²) in [6.45, 7) is 5.29. The van der Waals surface area contributed by atoms with Crippen molar-refractivity contribution in [1.29, 1.82) is 0 Å². The van der Waals surface area contributed by atoms with Crippen LogP contribution in [0.5, 0.6) is 0 Å². The number of nitrogens with zero attached hydrogens (tertiary/aromatic N) is 3. The summed E-state index contributed by atoms with van der Waals surface area (Å²) in [6.07, 6.45) is 2.88. The van der Waals surface area contributed by atoms with E-state index in [1.165, 1.54) is 13.0 Å². The quantitative estimate of drug-likeness (QED) is 0.912. The molecule has 4 rings (SSSR count). The molecule has 2 atom stereocenters. The van der Waals surface area contributed by atoms with Gasteiger partial charge in [-0.1, -0.05) is 5.16 Å². The molecule has 4 heterocycles. The standard InChI is InChI=1S/C14H18N4O2/c1-2-12(19-5-1)14-16-13(20-17-14)9-18-4-3-10-6-15-7-11(10)8-18/h1-2,5,10-11,15H,3-4,6-9H2. The van der Waals surface area contributed by atoms with E-state index in [1.54, 1.807) is 6.26 Å². The van der Waals surface area contributed by atoms with Crippen LogP contribution in [0.1, 0.15) is 12.3 Å². The predicted octanol–water partition coefficient (Wildman–Crippen LogP) is 1.37. The van der Waals surface area contributed by atoms with Gasteiger partial charge >= 0.3 is 0 Å². The van der Waals surface area contributed by atoms with E-state index in [9.17, 15) is 0 Å². The Labute approximate surface area is 117 Å². The first kappa shape index (κ1) is 12.1. The number of nitrogens with one attached hydrogen (secondary N) is 1. The van der Waals surface area contributed by atoms with Gasteiger partial charge in [0, 0.05) is 6.54 Å². The van der Waals surface area contributed by atoms with Gasteiger partial charge in [-0.25, -0.2) is 0 Å². The van der Waals surface area contributed by atoms with Crippen LogP contribution in [0.15, 0.2) is 27.3 Å². The molecule has 6 heteroatoms. The molecule has 2 aromatic heterocycles. The van der Waals surface area contributed by atoms with E-state index in [4.69, 9.17) is 8.94 Å². The van der Waals surface area contributed by atoms with Gasteiger partial charge in [0.25, 0.3) is 0 Å². The molecular formula is C14H18N4O2. The van der Waals surface area contributed by atoms with Crippen molar-refractivity contribution in [3.05, 3.63) is 24.3 Å². The summed E-state index contributed by atoms with van der Waals surface area (Å²) in [5.74, 6) is 3.48. The van der Waals surface area contributed by atoms with Gasteiger partial charge in [0.15, 0.2) is 5.76 Å². The molecule has 0 aromatic carbocycles. The summed E-state index contributed by atoms with van der Waals surface area (Å²) in [7, 11) is 0. The van der Waals surface area contributed by atoms with Gasteiger partial charge in [-0.2, -0.15) is 4.98 Å². The van der Waals surface area contributed by atoms with Crippen LogP contribution in [0.25, 0.3) is 11.6 Å². The fourth-order valence-corrected chi connectivity index (χ4v) is 3.27. The number of piperidine rings is 1. The van der Waals surface area contributed by atoms with Crippen LogP contribution in [0.4, 0.5) is 0 Å². The zero-order valence-corrected chi connectivity index (χ0v) is 11.3. The first-order valence-electron chi connectivity index (χ1n) is 7.18. The summed E-state index contributed by atoms with van der Waals surface area (Å²) in [5, 5.41) is 7.45. The number of rotatable bonds is 3. The Morgan fingerprint density at radius 2 is 2.30 bits per heavy atom. The molecule has 0 aliphatic carbocycles. The Morgan fingerprint density at radius 1 is 1.35 bits per heavy atom. The van der Waals surface area contributed by atoms with E-state index < -0.39 is 0 Å². The van der Waals surface area contributed by atoms with E-state index in [0.717, 1.165) is 38.0 Å². The molecule has 2 unspecified atom stereocenters. The van der Waals surface area contributed by atoms with Crippen molar-refractivity contribution >= 4 is 0 Å². The first-order valence-corrected chi connectivity index (χ1v) is 7.18. The molecule has 2 fully saturated rings. The molecule has 0 spiro atoms. The van der Waals surface area contributed by atoms with Crippen molar-refractivity contribution in [2.24, 2.45) is 11.8 Å². The Bertz CT molecular complexity index is 566. The van der Waals surface area contributed by atoms with E-state index in [1.807, 2.05) is 12.1 Å². The fourth-order valence-electron chi connectivity index (χ4n) is 3.27. The van der Waals surface area contributed by atoms with Crippen LogP contribution in [0.3, 0.4) is 0 Å². The normalized spacial score (nSPS) is 26.8. The summed E-state index contributed by atoms with van der Waals surface area (Å²) >= 11 is 0. The Morgan fingerprint density at radius 3 is 3.20 bits per heavy atom. The molecule has 2 saturated heterocycles. The SMILES string of the molecule is c1coc(-c2noc(CN3CCC4CNCC4C3)n2)c1. The van der Waals surface area contributed by atoms with Gasteiger partial charge in [0.1, 0.15) is 0 Å². The number of furan rings is 1. The highest BCUT2D eigenvalue weighted by atomic mass is 16.5. The van der Waals surface area contributed by atoms with Gasteiger partial charge in [-0.15, -0.1) is 0 Å². The second-order valence-electron chi connectivity index (χ2n) is 5.69. The monoisotopic (exact) mass is 274 g/mol. The molecule has 2 aliphatic heterocycles. The van der Waals surface area contributed by atoms with E-state index >= 15 is 0 Å². The number of fused-ring (bicyclic) bond motifs is 1. The third-order valence-corrected chi connectivity index (χ3v) is 4.36. The summed E-state index contributed by atoms with van der Waals surface area (Å²) in [5.41, 5.74) is 0. The molecule has 6 nitrogen and oxygen atoms in total. The highest BCUT2D eigenvalue weighted by molar-refractivity contribution is 5.44. The van der Waals surface area contributed by atoms with E-state index in [2.05, 4.69) is 20.4 Å². The third-order valence-electron chi connectivity index (χ3n) is 4.36. The smallest absolute Gasteiger partial charge is 0.241 e. The van der Waals surface area contributed by atoms with Gasteiger partial charge in [0.05, 0.1) is 12.8 Å². The van der Waals surface area contributed by atoms with Gasteiger partial charge in [0.2, 0.25) is 11.7 Å². The van der Waals surface area contributed by atoms with Gasteiger partial charge < -0.3 is 14.3 Å². The summed E-state index contributed by atoms with van der Waals surface area (Å²) in [6, 6.07) is 3.66. The molecule has 1 N–H and O–H groups in total. The van der Waals surface area contributed by atoms with Crippen molar-refractivity contribution in [3.63, 3.8) is 0 Å². The molecule has 20 heavy (non-hydrogen) atoms. The highest BCUT2D eigenvalue weighted by Crippen LogP contribution is 2.27. The van der Waals surface area contributed by atoms with Crippen molar-refractivity contribution in [1.82, 2.24) is 20.4 Å². The van der Waals surface area contributed by atoms with Crippen LogP contribution >= 0.6 is 0 Å². The topological polar surface area (TPSA) is 67.3 Å². The molecule has 0 radical (unpaired) electrons. The fraction of sp³-hybridized carbons (Fsp3) is 0.571. The first-order chi connectivity index (χ1) is 9.88. The zero-order valence-electron chi connectivity index (χ0n) is 11.3. The molecule has 0 amide bonds. The molecular weight excluding hydrogens is 256 g/mol. The highest BCUT2D eigenvalue weighted by Gasteiger charge is 2.33. The van der Waals surface area contributed by atoms with E-state index in [-0.39, 0.29) is 0 Å². The lowest BCUT2D eigenvalue weighted by Gasteiger charge is -2.33. The number of hydrogen-bond donors (Lipinski definition) is 1. The van der Waals surface area contributed by atoms with Crippen LogP contribution in [0.2, 0.25) is 0 Å². The average molecular weight is 274 g/mol. The number of aromatic nitrogens is 2. The Balaban J connectivity index is 1.42. The zero-order chi connectivity index (χ0) is 13.4.